The van der Waals surface area contributed by atoms with Crippen molar-refractivity contribution in [2.75, 3.05) is 0 Å². The average Bonchev–Trinajstić information content (AvgIpc) is 2.91. The molecule has 3 nitrogen and oxygen atoms in total. The first-order valence-electron chi connectivity index (χ1n) is 11.9. The Bertz CT molecular complexity index is 1190. The third kappa shape index (κ3) is 6.12. The van der Waals surface area contributed by atoms with Crippen LogP contribution in [0.2, 0.25) is 0 Å². The molecule has 2 atom stereocenters. The first-order chi connectivity index (χ1) is 17.2. The lowest BCUT2D eigenvalue weighted by molar-refractivity contribution is -0.114. The van der Waals surface area contributed by atoms with E-state index < -0.39 is 14.0 Å². The predicted molar refractivity (Wildman–Crippen MR) is 144 cm³/mol. The molecule has 0 N–H and O–H groups in total. The summed E-state index contributed by atoms with van der Waals surface area (Å²) < 4.78 is 6.09. The maximum Gasteiger partial charge on any atom is 0.339 e. The lowest BCUT2D eigenvalue weighted by Crippen LogP contribution is -2.32. The van der Waals surface area contributed by atoms with Gasteiger partial charge in [0.15, 0.2) is 0 Å². The highest BCUT2D eigenvalue weighted by Crippen LogP contribution is 2.34. The van der Waals surface area contributed by atoms with Crippen molar-refractivity contribution in [2.24, 2.45) is 5.92 Å². The van der Waals surface area contributed by atoms with Gasteiger partial charge >= 0.3 is 5.97 Å². The topological polar surface area (TPSA) is 43.4 Å². The first-order valence-corrected chi connectivity index (χ1v) is 13.2. The molecule has 4 aromatic carbocycles. The third-order valence-corrected chi connectivity index (χ3v) is 8.56. The van der Waals surface area contributed by atoms with Crippen LogP contribution < -0.4 is 15.9 Å². The SMILES string of the molecule is CC[C@@H](C=O)[C@@H](Cc1ccccc1)OC(=O)c1ccccc1P(c1ccccc1)c1ccccc1. The average molecular weight is 481 g/mol. The van der Waals surface area contributed by atoms with Crippen molar-refractivity contribution >= 4 is 36.1 Å². The molecule has 35 heavy (non-hydrogen) atoms. The van der Waals surface area contributed by atoms with Gasteiger partial charge in [-0.25, -0.2) is 4.79 Å². The maximum atomic E-state index is 13.6. The third-order valence-electron chi connectivity index (χ3n) is 6.06. The minimum absolute atomic E-state index is 0.365. The number of hydrogen-bond acceptors (Lipinski definition) is 3. The summed E-state index contributed by atoms with van der Waals surface area (Å²) in [4.78, 5) is 25.5. The van der Waals surface area contributed by atoms with E-state index in [1.807, 2.05) is 97.9 Å². The van der Waals surface area contributed by atoms with Crippen LogP contribution in [0.15, 0.2) is 115 Å². The van der Waals surface area contributed by atoms with Crippen LogP contribution in [0.5, 0.6) is 0 Å². The predicted octanol–water partition coefficient (Wildman–Crippen LogP) is 5.44. The number of rotatable bonds is 10. The lowest BCUT2D eigenvalue weighted by atomic mass is 9.95. The second-order valence-corrected chi connectivity index (χ2v) is 10.6. The summed E-state index contributed by atoms with van der Waals surface area (Å²) in [6.45, 7) is 1.95. The number of aldehydes is 1. The summed E-state index contributed by atoms with van der Waals surface area (Å²) in [7, 11) is -0.965. The molecule has 0 aliphatic carbocycles. The molecule has 0 fully saturated rings. The minimum atomic E-state index is -0.965. The molecule has 0 heterocycles. The van der Waals surface area contributed by atoms with Crippen LogP contribution >= 0.6 is 7.92 Å². The molecule has 4 aromatic rings. The molecule has 0 saturated heterocycles. The smallest absolute Gasteiger partial charge is 0.339 e. The van der Waals surface area contributed by atoms with Crippen LogP contribution in [0, 0.1) is 5.92 Å². The van der Waals surface area contributed by atoms with Gasteiger partial charge in [0.2, 0.25) is 0 Å². The Morgan fingerprint density at radius 3 is 1.83 bits per heavy atom. The summed E-state index contributed by atoms with van der Waals surface area (Å²) in [5.41, 5.74) is 1.58. The van der Waals surface area contributed by atoms with E-state index in [2.05, 4.69) is 24.3 Å². The van der Waals surface area contributed by atoms with E-state index >= 15 is 0 Å². The molecule has 176 valence electrons. The fraction of sp³-hybridized carbons (Fsp3) is 0.161. The van der Waals surface area contributed by atoms with E-state index in [1.54, 1.807) is 0 Å². The van der Waals surface area contributed by atoms with Gasteiger partial charge in [-0.05, 0) is 41.9 Å². The first kappa shape index (κ1) is 24.6. The van der Waals surface area contributed by atoms with Gasteiger partial charge in [-0.15, -0.1) is 0 Å². The molecule has 0 saturated carbocycles. The van der Waals surface area contributed by atoms with Crippen LogP contribution in [-0.2, 0) is 16.0 Å². The molecule has 0 spiro atoms. The molecule has 0 bridgehead atoms. The van der Waals surface area contributed by atoms with Crippen LogP contribution in [0.3, 0.4) is 0 Å². The van der Waals surface area contributed by atoms with E-state index in [0.29, 0.717) is 18.4 Å². The van der Waals surface area contributed by atoms with E-state index in [1.165, 1.54) is 0 Å². The van der Waals surface area contributed by atoms with E-state index in [0.717, 1.165) is 27.8 Å². The number of carbonyl (C=O) groups is 2. The Morgan fingerprint density at radius 2 is 1.29 bits per heavy atom. The zero-order valence-corrected chi connectivity index (χ0v) is 20.7. The largest absolute Gasteiger partial charge is 0.458 e. The van der Waals surface area contributed by atoms with Crippen molar-refractivity contribution in [1.82, 2.24) is 0 Å². The highest BCUT2D eigenvalue weighted by atomic mass is 31.1. The molecule has 4 rings (SSSR count). The number of esters is 1. The fourth-order valence-electron chi connectivity index (χ4n) is 4.20. The number of ether oxygens (including phenoxy) is 1. The van der Waals surface area contributed by atoms with Crippen LogP contribution in [0.25, 0.3) is 0 Å². The van der Waals surface area contributed by atoms with Crippen molar-refractivity contribution in [1.29, 1.82) is 0 Å². The second kappa shape index (κ2) is 12.2. The van der Waals surface area contributed by atoms with E-state index in [9.17, 15) is 9.59 Å². The van der Waals surface area contributed by atoms with Gasteiger partial charge in [0.1, 0.15) is 12.4 Å². The standard InChI is InChI=1S/C31H29O3P/c1-2-25(23-32)29(22-24-14-6-3-7-15-24)34-31(33)28-20-12-13-21-30(28)35(26-16-8-4-9-17-26)27-18-10-5-11-19-27/h3-21,23,25,29H,2,22H2,1H3/t25-,29+/m0/s1. The monoisotopic (exact) mass is 480 g/mol. The van der Waals surface area contributed by atoms with Crippen LogP contribution in [0.1, 0.15) is 29.3 Å². The molecular weight excluding hydrogens is 451 g/mol. The van der Waals surface area contributed by atoms with E-state index in [-0.39, 0.29) is 11.9 Å². The zero-order chi connectivity index (χ0) is 24.5. The van der Waals surface area contributed by atoms with Gasteiger partial charge < -0.3 is 9.53 Å². The summed E-state index contributed by atoms with van der Waals surface area (Å²) >= 11 is 0. The Balaban J connectivity index is 1.71. The number of benzene rings is 4. The van der Waals surface area contributed by atoms with E-state index in [4.69, 9.17) is 4.74 Å². The van der Waals surface area contributed by atoms with Crippen molar-refractivity contribution in [3.8, 4) is 0 Å². The molecule has 0 radical (unpaired) electrons. The fourth-order valence-corrected chi connectivity index (χ4v) is 6.63. The summed E-state index contributed by atoms with van der Waals surface area (Å²) in [5.74, 6) is -0.753. The van der Waals surface area contributed by atoms with Gasteiger partial charge in [-0.3, -0.25) is 0 Å². The molecule has 0 unspecified atom stereocenters. The van der Waals surface area contributed by atoms with Crippen LogP contribution in [0.4, 0.5) is 0 Å². The normalized spacial score (nSPS) is 12.6. The number of carbonyl (C=O) groups excluding carboxylic acids is 2. The molecule has 0 amide bonds. The van der Waals surface area contributed by atoms with Gasteiger partial charge in [-0.2, -0.15) is 0 Å². The molecule has 0 aliphatic rings. The number of hydrogen-bond donors (Lipinski definition) is 0. The van der Waals surface area contributed by atoms with Crippen molar-refractivity contribution in [2.45, 2.75) is 25.9 Å². The van der Waals surface area contributed by atoms with Gasteiger partial charge in [-0.1, -0.05) is 116 Å². The van der Waals surface area contributed by atoms with Gasteiger partial charge in [0.05, 0.1) is 11.5 Å². The molecule has 0 aromatic heterocycles. The summed E-state index contributed by atoms with van der Waals surface area (Å²) in [6, 6.07) is 38.1. The van der Waals surface area contributed by atoms with Gasteiger partial charge in [0.25, 0.3) is 0 Å². The Hall–Kier alpha value is -3.55. The Kier molecular flexibility index (Phi) is 8.59. The highest BCUT2D eigenvalue weighted by molar-refractivity contribution is 7.80. The lowest BCUT2D eigenvalue weighted by Gasteiger charge is -2.25. The second-order valence-electron chi connectivity index (χ2n) is 8.37. The van der Waals surface area contributed by atoms with Crippen molar-refractivity contribution < 1.29 is 14.3 Å². The van der Waals surface area contributed by atoms with Crippen molar-refractivity contribution in [3.05, 3.63) is 126 Å². The molecule has 4 heteroatoms. The summed E-state index contributed by atoms with van der Waals surface area (Å²) in [5, 5.41) is 3.27. The molecular formula is C31H29O3P. The van der Waals surface area contributed by atoms with Crippen molar-refractivity contribution in [3.63, 3.8) is 0 Å². The maximum absolute atomic E-state index is 13.6. The Morgan fingerprint density at radius 1 is 0.771 bits per heavy atom. The minimum Gasteiger partial charge on any atom is -0.458 e. The zero-order valence-electron chi connectivity index (χ0n) is 19.8. The quantitative estimate of drug-likeness (QED) is 0.173. The Labute approximate surface area is 208 Å². The van der Waals surface area contributed by atoms with Crippen LogP contribution in [-0.4, -0.2) is 18.4 Å². The highest BCUT2D eigenvalue weighted by Gasteiger charge is 2.28. The summed E-state index contributed by atoms with van der Waals surface area (Å²) in [6.07, 6.45) is 1.49. The van der Waals surface area contributed by atoms with Gasteiger partial charge in [0, 0.05) is 6.42 Å². The molecule has 0 aliphatic heterocycles.